The molecular formula is C53H50N3OPt-. The summed E-state index contributed by atoms with van der Waals surface area (Å²) in [5.74, 6) is -1.51. The molecule has 0 aliphatic carbocycles. The van der Waals surface area contributed by atoms with Gasteiger partial charge in [-0.15, -0.1) is 29.3 Å². The van der Waals surface area contributed by atoms with E-state index in [-0.39, 0.29) is 37.8 Å². The number of hydrogen-bond donors (Lipinski definition) is 1. The molecule has 2 aromatic heterocycles. The zero-order chi connectivity index (χ0) is 44.4. The van der Waals surface area contributed by atoms with Crippen molar-refractivity contribution in [3.8, 4) is 67.5 Å². The number of phenols is 1. The summed E-state index contributed by atoms with van der Waals surface area (Å²) >= 11 is 0. The van der Waals surface area contributed by atoms with Crippen molar-refractivity contribution in [3.05, 3.63) is 168 Å². The van der Waals surface area contributed by atoms with E-state index in [2.05, 4.69) is 57.2 Å². The standard InChI is InChI=1S/C53H50N3O.Pt/c1-33(2)39-26-40(34(3)4)28-41(27-39)37-21-22-48(35(5)25-37)56-49-19-14-18-45(51(49)55-52(56)46-17-12-13-20-50(46)57)42-29-43(31-44(30-42)53(6,7)8)47-32-38(23-24-54-47)36-15-10-9-11-16-36;/h9-28,30-34,57H,1-8H3;/q-1;/i5D3,33D,34D;. The minimum atomic E-state index is -2.57. The van der Waals surface area contributed by atoms with Crippen molar-refractivity contribution in [2.45, 2.75) is 72.5 Å². The van der Waals surface area contributed by atoms with Gasteiger partial charge in [-0.2, -0.15) is 0 Å². The fourth-order valence-electron chi connectivity index (χ4n) is 7.36. The Hall–Kier alpha value is -5.57. The molecule has 4 nitrogen and oxygen atoms in total. The minimum Gasteiger partial charge on any atom is -0.507 e. The van der Waals surface area contributed by atoms with Gasteiger partial charge in [0.1, 0.15) is 11.6 Å². The van der Waals surface area contributed by atoms with Crippen LogP contribution in [0.1, 0.15) is 89.4 Å². The largest absolute Gasteiger partial charge is 0.507 e. The maximum Gasteiger partial charge on any atom is 0.148 e. The molecule has 0 aliphatic rings. The molecule has 8 rings (SSSR count). The third-order valence-corrected chi connectivity index (χ3v) is 10.7. The predicted octanol–water partition coefficient (Wildman–Crippen LogP) is 14.1. The van der Waals surface area contributed by atoms with Gasteiger partial charge in [0.2, 0.25) is 0 Å². The number of aryl methyl sites for hydroxylation is 1. The number of para-hydroxylation sites is 2. The summed E-state index contributed by atoms with van der Waals surface area (Å²) in [4.78, 5) is 10.1. The molecule has 6 aromatic carbocycles. The van der Waals surface area contributed by atoms with E-state index >= 15 is 0 Å². The molecule has 0 bridgehead atoms. The van der Waals surface area contributed by atoms with Crippen LogP contribution in [0.4, 0.5) is 0 Å². The molecule has 0 saturated heterocycles. The number of hydrogen-bond acceptors (Lipinski definition) is 3. The molecule has 2 heterocycles. The van der Waals surface area contributed by atoms with Crippen molar-refractivity contribution >= 4 is 11.0 Å². The van der Waals surface area contributed by atoms with E-state index in [1.54, 1.807) is 58.0 Å². The first kappa shape index (κ1) is 34.5. The van der Waals surface area contributed by atoms with Crippen LogP contribution in [0, 0.1) is 12.9 Å². The number of aromatic hydroxyl groups is 1. The van der Waals surface area contributed by atoms with Crippen LogP contribution in [0.25, 0.3) is 72.7 Å². The van der Waals surface area contributed by atoms with E-state index in [0.29, 0.717) is 33.7 Å². The fourth-order valence-corrected chi connectivity index (χ4v) is 7.36. The smallest absolute Gasteiger partial charge is 0.148 e. The van der Waals surface area contributed by atoms with E-state index in [9.17, 15) is 5.11 Å². The van der Waals surface area contributed by atoms with E-state index < -0.39 is 18.6 Å². The van der Waals surface area contributed by atoms with E-state index in [4.69, 9.17) is 16.8 Å². The molecule has 0 amide bonds. The van der Waals surface area contributed by atoms with Crippen LogP contribution >= 0.6 is 0 Å². The topological polar surface area (TPSA) is 50.9 Å². The van der Waals surface area contributed by atoms with Crippen molar-refractivity contribution in [2.75, 3.05) is 0 Å². The number of imidazole rings is 1. The van der Waals surface area contributed by atoms with Crippen LogP contribution in [0.15, 0.2) is 140 Å². The third kappa shape index (κ3) is 7.96. The molecule has 0 unspecified atom stereocenters. The van der Waals surface area contributed by atoms with Crippen molar-refractivity contribution in [1.82, 2.24) is 14.5 Å². The van der Waals surface area contributed by atoms with Crippen LogP contribution in [0.5, 0.6) is 5.75 Å². The number of phenolic OH excluding ortho intramolecular Hbond substituents is 1. The number of fused-ring (bicyclic) bond motifs is 1. The number of benzene rings is 6. The van der Waals surface area contributed by atoms with E-state index in [0.717, 1.165) is 55.8 Å². The zero-order valence-corrected chi connectivity index (χ0v) is 36.2. The molecular weight excluding hydrogens is 890 g/mol. The Labute approximate surface area is 365 Å². The summed E-state index contributed by atoms with van der Waals surface area (Å²) in [5.41, 5.74) is 11.2. The first-order valence-corrected chi connectivity index (χ1v) is 19.4. The van der Waals surface area contributed by atoms with Crippen LogP contribution < -0.4 is 0 Å². The van der Waals surface area contributed by atoms with Gasteiger partial charge in [-0.1, -0.05) is 145 Å². The number of nitrogens with zero attached hydrogens (tertiary/aromatic N) is 3. The van der Waals surface area contributed by atoms with Crippen LogP contribution in [-0.4, -0.2) is 19.6 Å². The van der Waals surface area contributed by atoms with Gasteiger partial charge in [-0.25, -0.2) is 4.98 Å². The van der Waals surface area contributed by atoms with Crippen LogP contribution in [0.2, 0.25) is 0 Å². The molecule has 58 heavy (non-hydrogen) atoms. The molecule has 5 heteroatoms. The quantitative estimate of drug-likeness (QED) is 0.154. The molecule has 0 saturated carbocycles. The summed E-state index contributed by atoms with van der Waals surface area (Å²) < 4.78 is 46.2. The van der Waals surface area contributed by atoms with Gasteiger partial charge in [-0.05, 0) is 99.4 Å². The Morgan fingerprint density at radius 2 is 1.34 bits per heavy atom. The molecule has 294 valence electrons. The van der Waals surface area contributed by atoms with E-state index in [1.807, 2.05) is 83.6 Å². The third-order valence-electron chi connectivity index (χ3n) is 10.7. The van der Waals surface area contributed by atoms with Crippen LogP contribution in [0.3, 0.4) is 0 Å². The first-order chi connectivity index (χ1) is 29.2. The number of aromatic nitrogens is 3. The van der Waals surface area contributed by atoms with Gasteiger partial charge in [0, 0.05) is 39.8 Å². The maximum atomic E-state index is 11.3. The second kappa shape index (κ2) is 16.4. The Kier molecular flexibility index (Phi) is 9.72. The molecule has 1 N–H and O–H groups in total. The van der Waals surface area contributed by atoms with Gasteiger partial charge >= 0.3 is 0 Å². The second-order valence-electron chi connectivity index (χ2n) is 16.2. The zero-order valence-electron chi connectivity index (χ0n) is 38.9. The summed E-state index contributed by atoms with van der Waals surface area (Å²) in [7, 11) is 0. The first-order valence-electron chi connectivity index (χ1n) is 21.9. The summed E-state index contributed by atoms with van der Waals surface area (Å²) in [6, 6.07) is 46.2. The van der Waals surface area contributed by atoms with Crippen molar-refractivity contribution in [1.29, 1.82) is 0 Å². The molecule has 0 fully saturated rings. The Morgan fingerprint density at radius 1 is 0.672 bits per heavy atom. The Morgan fingerprint density at radius 3 is 2.03 bits per heavy atom. The fraction of sp³-hybridized carbons (Fsp3) is 0.208. The maximum absolute atomic E-state index is 11.3. The molecule has 0 aliphatic heterocycles. The summed E-state index contributed by atoms with van der Waals surface area (Å²) in [5, 5.41) is 11.3. The van der Waals surface area contributed by atoms with Crippen molar-refractivity contribution in [3.63, 3.8) is 0 Å². The monoisotopic (exact) mass is 944 g/mol. The number of pyridine rings is 1. The predicted molar refractivity (Wildman–Crippen MR) is 238 cm³/mol. The molecule has 8 aromatic rings. The minimum absolute atomic E-state index is 0. The molecule has 0 spiro atoms. The van der Waals surface area contributed by atoms with Crippen molar-refractivity contribution < 1.29 is 33.0 Å². The van der Waals surface area contributed by atoms with Gasteiger partial charge in [0.25, 0.3) is 0 Å². The van der Waals surface area contributed by atoms with Gasteiger partial charge in [-0.3, -0.25) is 9.55 Å². The average molecular weight is 945 g/mol. The Balaban J connectivity index is 0.00000595. The average Bonchev–Trinajstić information content (AvgIpc) is 3.62. The summed E-state index contributed by atoms with van der Waals surface area (Å²) in [6.45, 7) is 11.2. The van der Waals surface area contributed by atoms with Gasteiger partial charge in [0.05, 0.1) is 22.3 Å². The Bertz CT molecular complexity index is 2940. The SMILES string of the molecule is [2H]C([2H])([2H])c1cc(-c2cc(C([2H])(C)C)cc(C([2H])(C)C)c2)ccc1-n1c(-c2ccccc2O)nc2c(-c3[c-]c(-c4cc(-c5ccccc5)ccn4)cc(C(C)(C)C)c3)cccc21.[Pt]. The van der Waals surface area contributed by atoms with E-state index in [1.165, 1.54) is 0 Å². The van der Waals surface area contributed by atoms with Gasteiger partial charge in [0.15, 0.2) is 0 Å². The van der Waals surface area contributed by atoms with Crippen LogP contribution in [-0.2, 0) is 26.5 Å². The summed E-state index contributed by atoms with van der Waals surface area (Å²) in [6.07, 6.45) is 1.83. The van der Waals surface area contributed by atoms with Crippen molar-refractivity contribution in [2.24, 2.45) is 0 Å². The molecule has 0 radical (unpaired) electrons. The molecule has 0 atom stereocenters. The normalized spacial score (nSPS) is 13.5. The number of rotatable bonds is 8. The second-order valence-corrected chi connectivity index (χ2v) is 16.2. The van der Waals surface area contributed by atoms with Gasteiger partial charge < -0.3 is 5.11 Å².